The molecule has 8 heteroatoms. The van der Waals surface area contributed by atoms with Gasteiger partial charge in [0.15, 0.2) is 0 Å². The molecule has 1 saturated heterocycles. The van der Waals surface area contributed by atoms with Gasteiger partial charge in [-0.05, 0) is 55.5 Å². The first kappa shape index (κ1) is 24.6. The summed E-state index contributed by atoms with van der Waals surface area (Å²) in [7, 11) is 0. The van der Waals surface area contributed by atoms with Crippen molar-refractivity contribution in [3.05, 3.63) is 77.4 Å². The van der Waals surface area contributed by atoms with Crippen LogP contribution < -0.4 is 10.2 Å². The van der Waals surface area contributed by atoms with Crippen LogP contribution in [0, 0.1) is 5.82 Å². The molecule has 1 aliphatic heterocycles. The number of hydrogen-bond donors (Lipinski definition) is 1. The second-order valence-electron chi connectivity index (χ2n) is 8.06. The number of amides is 2. The zero-order valence-electron chi connectivity index (χ0n) is 19.6. The molecule has 35 heavy (non-hydrogen) atoms. The fourth-order valence-electron chi connectivity index (χ4n) is 3.80. The molecular formula is C27H28FN3O3S. The molecule has 2 heterocycles. The number of ether oxygens (including phenoxy) is 1. The Kier molecular flexibility index (Phi) is 8.28. The first-order valence-corrected chi connectivity index (χ1v) is 12.4. The molecule has 0 saturated carbocycles. The average molecular weight is 494 g/mol. The molecule has 0 radical (unpaired) electrons. The van der Waals surface area contributed by atoms with Crippen LogP contribution >= 0.6 is 11.3 Å². The molecule has 0 atom stereocenters. The predicted octanol–water partition coefficient (Wildman–Crippen LogP) is 4.89. The van der Waals surface area contributed by atoms with Crippen LogP contribution in [0.5, 0.6) is 0 Å². The van der Waals surface area contributed by atoms with Crippen molar-refractivity contribution in [2.75, 3.05) is 49.6 Å². The van der Waals surface area contributed by atoms with Crippen molar-refractivity contribution in [3.8, 4) is 10.4 Å². The summed E-state index contributed by atoms with van der Waals surface area (Å²) in [6.07, 6.45) is 3.15. The number of carbonyl (C=O) groups is 2. The van der Waals surface area contributed by atoms with Gasteiger partial charge < -0.3 is 19.9 Å². The Bertz CT molecular complexity index is 1190. The van der Waals surface area contributed by atoms with E-state index in [4.69, 9.17) is 4.74 Å². The minimum atomic E-state index is -0.278. The van der Waals surface area contributed by atoms with Crippen molar-refractivity contribution >= 4 is 40.6 Å². The van der Waals surface area contributed by atoms with Gasteiger partial charge >= 0.3 is 0 Å². The van der Waals surface area contributed by atoms with Gasteiger partial charge in [0.25, 0.3) is 0 Å². The Hall–Kier alpha value is -3.49. The smallest absolute Gasteiger partial charge is 0.247 e. The van der Waals surface area contributed by atoms with Gasteiger partial charge in [-0.15, -0.1) is 11.3 Å². The molecule has 0 bridgehead atoms. The van der Waals surface area contributed by atoms with Crippen molar-refractivity contribution < 1.29 is 18.7 Å². The van der Waals surface area contributed by atoms with Crippen molar-refractivity contribution in [2.24, 2.45) is 0 Å². The fourth-order valence-corrected chi connectivity index (χ4v) is 4.74. The van der Waals surface area contributed by atoms with Crippen LogP contribution in [-0.4, -0.2) is 56.1 Å². The van der Waals surface area contributed by atoms with E-state index in [9.17, 15) is 14.0 Å². The fraction of sp³-hybridized carbons (Fsp3) is 0.259. The maximum Gasteiger partial charge on any atom is 0.247 e. The van der Waals surface area contributed by atoms with Gasteiger partial charge in [0, 0.05) is 52.4 Å². The van der Waals surface area contributed by atoms with Gasteiger partial charge in [0.1, 0.15) is 12.4 Å². The summed E-state index contributed by atoms with van der Waals surface area (Å²) in [4.78, 5) is 30.6. The standard InChI is InChI=1S/C27H28FN3O3S/c1-2-30(19-26(32)29-20-7-9-21(10-8-20)31-15-17-34-18-16-31)27(33)14-12-22-11-13-25(35-22)23-5-3-4-6-24(23)28/h3-14H,2,15-19H2,1H3,(H,29,32). The van der Waals surface area contributed by atoms with Gasteiger partial charge in [-0.1, -0.05) is 18.2 Å². The first-order valence-electron chi connectivity index (χ1n) is 11.6. The van der Waals surface area contributed by atoms with Gasteiger partial charge in [-0.3, -0.25) is 9.59 Å². The molecule has 2 aromatic carbocycles. The number of benzene rings is 2. The van der Waals surface area contributed by atoms with E-state index in [0.717, 1.165) is 28.5 Å². The van der Waals surface area contributed by atoms with Crippen molar-refractivity contribution in [2.45, 2.75) is 6.92 Å². The maximum atomic E-state index is 14.0. The number of carbonyl (C=O) groups excluding carboxylic acids is 2. The number of anilines is 2. The van der Waals surface area contributed by atoms with E-state index in [1.807, 2.05) is 43.3 Å². The number of hydrogen-bond acceptors (Lipinski definition) is 5. The van der Waals surface area contributed by atoms with Crippen LogP contribution in [0.15, 0.2) is 66.7 Å². The topological polar surface area (TPSA) is 61.9 Å². The highest BCUT2D eigenvalue weighted by Crippen LogP contribution is 2.30. The van der Waals surface area contributed by atoms with E-state index >= 15 is 0 Å². The molecular weight excluding hydrogens is 465 g/mol. The van der Waals surface area contributed by atoms with Crippen LogP contribution in [0.3, 0.4) is 0 Å². The van der Waals surface area contributed by atoms with Crippen LogP contribution in [-0.2, 0) is 14.3 Å². The molecule has 0 unspecified atom stereocenters. The molecule has 6 nitrogen and oxygen atoms in total. The summed E-state index contributed by atoms with van der Waals surface area (Å²) >= 11 is 1.40. The zero-order chi connectivity index (χ0) is 24.6. The number of likely N-dealkylation sites (N-methyl/N-ethyl adjacent to an activating group) is 1. The second-order valence-corrected chi connectivity index (χ2v) is 9.18. The van der Waals surface area contributed by atoms with E-state index < -0.39 is 0 Å². The Morgan fingerprint density at radius 1 is 1.09 bits per heavy atom. The van der Waals surface area contributed by atoms with E-state index in [1.54, 1.807) is 24.3 Å². The summed E-state index contributed by atoms with van der Waals surface area (Å²) in [6, 6.07) is 18.0. The lowest BCUT2D eigenvalue weighted by Gasteiger charge is -2.29. The highest BCUT2D eigenvalue weighted by Gasteiger charge is 2.15. The molecule has 1 fully saturated rings. The second kappa shape index (κ2) is 11.8. The quantitative estimate of drug-likeness (QED) is 0.454. The molecule has 2 amide bonds. The van der Waals surface area contributed by atoms with Crippen molar-refractivity contribution in [1.82, 2.24) is 4.90 Å². The van der Waals surface area contributed by atoms with E-state index in [-0.39, 0.29) is 24.2 Å². The molecule has 0 aliphatic carbocycles. The molecule has 1 aliphatic rings. The maximum absolute atomic E-state index is 14.0. The third-order valence-electron chi connectivity index (χ3n) is 5.71. The van der Waals surface area contributed by atoms with E-state index in [2.05, 4.69) is 10.2 Å². The number of nitrogens with zero attached hydrogens (tertiary/aromatic N) is 2. The Morgan fingerprint density at radius 2 is 1.83 bits per heavy atom. The highest BCUT2D eigenvalue weighted by atomic mass is 32.1. The lowest BCUT2D eigenvalue weighted by Crippen LogP contribution is -2.37. The average Bonchev–Trinajstić information content (AvgIpc) is 3.36. The lowest BCUT2D eigenvalue weighted by molar-refractivity contribution is -0.130. The Balaban J connectivity index is 1.31. The third-order valence-corrected chi connectivity index (χ3v) is 6.80. The van der Waals surface area contributed by atoms with Crippen molar-refractivity contribution in [3.63, 3.8) is 0 Å². The molecule has 182 valence electrons. The Labute approximate surface area is 208 Å². The number of thiophene rings is 1. The zero-order valence-corrected chi connectivity index (χ0v) is 20.4. The summed E-state index contributed by atoms with van der Waals surface area (Å²) in [5.41, 5.74) is 2.31. The number of halogens is 1. The lowest BCUT2D eigenvalue weighted by atomic mass is 10.2. The minimum absolute atomic E-state index is 0.0458. The summed E-state index contributed by atoms with van der Waals surface area (Å²) in [5.74, 6) is -0.795. The SMILES string of the molecule is CCN(CC(=O)Nc1ccc(N2CCOCC2)cc1)C(=O)C=Cc1ccc(-c2ccccc2F)s1. The molecule has 4 rings (SSSR count). The monoisotopic (exact) mass is 493 g/mol. The van der Waals surface area contributed by atoms with Gasteiger partial charge in [0.05, 0.1) is 13.2 Å². The highest BCUT2D eigenvalue weighted by molar-refractivity contribution is 7.16. The molecule has 1 N–H and O–H groups in total. The molecule has 0 spiro atoms. The summed E-state index contributed by atoms with van der Waals surface area (Å²) < 4.78 is 19.4. The largest absolute Gasteiger partial charge is 0.378 e. The summed E-state index contributed by atoms with van der Waals surface area (Å²) in [6.45, 7) is 5.32. The normalized spacial score (nSPS) is 13.7. The van der Waals surface area contributed by atoms with E-state index in [0.29, 0.717) is 31.0 Å². The first-order chi connectivity index (χ1) is 17.0. The van der Waals surface area contributed by atoms with Gasteiger partial charge in [-0.2, -0.15) is 0 Å². The van der Waals surface area contributed by atoms with Crippen molar-refractivity contribution in [1.29, 1.82) is 0 Å². The predicted molar refractivity (Wildman–Crippen MR) is 139 cm³/mol. The number of rotatable bonds is 8. The molecule has 1 aromatic heterocycles. The van der Waals surface area contributed by atoms with Crippen LogP contribution in [0.25, 0.3) is 16.5 Å². The van der Waals surface area contributed by atoms with Gasteiger partial charge in [-0.25, -0.2) is 4.39 Å². The summed E-state index contributed by atoms with van der Waals surface area (Å²) in [5, 5.41) is 2.86. The third kappa shape index (κ3) is 6.55. The van der Waals surface area contributed by atoms with Crippen LogP contribution in [0.4, 0.5) is 15.8 Å². The number of nitrogens with one attached hydrogen (secondary N) is 1. The van der Waals surface area contributed by atoms with E-state index in [1.165, 1.54) is 28.4 Å². The van der Waals surface area contributed by atoms with Crippen LogP contribution in [0.1, 0.15) is 11.8 Å². The Morgan fingerprint density at radius 3 is 2.54 bits per heavy atom. The molecule has 3 aromatic rings. The minimum Gasteiger partial charge on any atom is -0.378 e. The van der Waals surface area contributed by atoms with Crippen LogP contribution in [0.2, 0.25) is 0 Å². The van der Waals surface area contributed by atoms with Gasteiger partial charge in [0.2, 0.25) is 11.8 Å². The number of morpholine rings is 1.